The molecule has 2 unspecified atom stereocenters. The normalized spacial score (nSPS) is 24.0. The summed E-state index contributed by atoms with van der Waals surface area (Å²) in [4.78, 5) is 14.4. The Kier molecular flexibility index (Phi) is 3.25. The molecule has 3 rings (SSSR count). The lowest BCUT2D eigenvalue weighted by molar-refractivity contribution is 0.0582. The van der Waals surface area contributed by atoms with Crippen LogP contribution in [0.3, 0.4) is 0 Å². The number of nitrogens with one attached hydrogen (secondary N) is 1. The molecule has 6 nitrogen and oxygen atoms in total. The molecule has 1 amide bonds. The van der Waals surface area contributed by atoms with Crippen molar-refractivity contribution in [2.75, 3.05) is 26.1 Å². The van der Waals surface area contributed by atoms with Gasteiger partial charge in [0.25, 0.3) is 5.91 Å². The van der Waals surface area contributed by atoms with Gasteiger partial charge in [-0.2, -0.15) is 0 Å². The van der Waals surface area contributed by atoms with Crippen molar-refractivity contribution in [3.05, 3.63) is 29.8 Å². The van der Waals surface area contributed by atoms with Crippen LogP contribution in [0.2, 0.25) is 0 Å². The van der Waals surface area contributed by atoms with Gasteiger partial charge in [0.05, 0.1) is 31.5 Å². The molecule has 2 aliphatic rings. The highest BCUT2D eigenvalue weighted by Gasteiger charge is 2.40. The van der Waals surface area contributed by atoms with Gasteiger partial charge in [0.1, 0.15) is 6.23 Å². The molecule has 112 valence electrons. The van der Waals surface area contributed by atoms with Gasteiger partial charge in [0.15, 0.2) is 11.5 Å². The van der Waals surface area contributed by atoms with Gasteiger partial charge in [0, 0.05) is 12.6 Å². The Balaban J connectivity index is 2.10. The second-order valence-electron chi connectivity index (χ2n) is 5.30. The van der Waals surface area contributed by atoms with Crippen LogP contribution >= 0.6 is 0 Å². The SMILES string of the molecule is C=C1CC2C(O)Nc3cc(OC)c(OC)cc3C(=O)N2C1. The van der Waals surface area contributed by atoms with Crippen molar-refractivity contribution in [2.24, 2.45) is 0 Å². The summed E-state index contributed by atoms with van der Waals surface area (Å²) in [6, 6.07) is 3.01. The van der Waals surface area contributed by atoms with Crippen LogP contribution in [0, 0.1) is 0 Å². The Labute approximate surface area is 123 Å². The molecule has 2 aliphatic heterocycles. The highest BCUT2D eigenvalue weighted by Crippen LogP contribution is 2.38. The van der Waals surface area contributed by atoms with Gasteiger partial charge in [-0.15, -0.1) is 0 Å². The number of aliphatic hydroxyl groups is 1. The van der Waals surface area contributed by atoms with E-state index in [-0.39, 0.29) is 11.9 Å². The van der Waals surface area contributed by atoms with Crippen LogP contribution in [0.15, 0.2) is 24.3 Å². The molecule has 21 heavy (non-hydrogen) atoms. The smallest absolute Gasteiger partial charge is 0.256 e. The fourth-order valence-corrected chi connectivity index (χ4v) is 2.92. The molecule has 6 heteroatoms. The Morgan fingerprint density at radius 1 is 1.33 bits per heavy atom. The third kappa shape index (κ3) is 2.12. The highest BCUT2D eigenvalue weighted by molar-refractivity contribution is 6.02. The zero-order valence-corrected chi connectivity index (χ0v) is 12.0. The lowest BCUT2D eigenvalue weighted by Gasteiger charge is -2.24. The fourth-order valence-electron chi connectivity index (χ4n) is 2.92. The molecule has 2 heterocycles. The van der Waals surface area contributed by atoms with Crippen molar-refractivity contribution < 1.29 is 19.4 Å². The van der Waals surface area contributed by atoms with E-state index in [1.54, 1.807) is 17.0 Å². The van der Waals surface area contributed by atoms with E-state index in [4.69, 9.17) is 9.47 Å². The van der Waals surface area contributed by atoms with Gasteiger partial charge in [-0.25, -0.2) is 0 Å². The quantitative estimate of drug-likeness (QED) is 0.801. The maximum Gasteiger partial charge on any atom is 0.256 e. The molecule has 0 spiro atoms. The second kappa shape index (κ2) is 4.96. The van der Waals surface area contributed by atoms with Crippen LogP contribution < -0.4 is 14.8 Å². The van der Waals surface area contributed by atoms with Crippen LogP contribution in [-0.2, 0) is 0 Å². The average molecular weight is 290 g/mol. The van der Waals surface area contributed by atoms with Gasteiger partial charge >= 0.3 is 0 Å². The minimum absolute atomic E-state index is 0.140. The molecule has 1 aromatic rings. The number of hydrogen-bond donors (Lipinski definition) is 2. The molecule has 0 radical (unpaired) electrons. The number of methoxy groups -OCH3 is 2. The van der Waals surface area contributed by atoms with Crippen molar-refractivity contribution >= 4 is 11.6 Å². The van der Waals surface area contributed by atoms with Crippen molar-refractivity contribution in [3.63, 3.8) is 0 Å². The summed E-state index contributed by atoms with van der Waals surface area (Å²) in [5.41, 5.74) is 1.95. The third-order valence-electron chi connectivity index (χ3n) is 3.97. The minimum atomic E-state index is -0.840. The molecular formula is C15H18N2O4. The molecule has 2 atom stereocenters. The number of aliphatic hydroxyl groups excluding tert-OH is 1. The Morgan fingerprint density at radius 3 is 2.67 bits per heavy atom. The molecule has 1 aromatic carbocycles. The first-order chi connectivity index (χ1) is 10.0. The summed E-state index contributed by atoms with van der Waals surface area (Å²) >= 11 is 0. The first-order valence-corrected chi connectivity index (χ1v) is 6.73. The molecular weight excluding hydrogens is 272 g/mol. The zero-order valence-electron chi connectivity index (χ0n) is 12.0. The number of ether oxygens (including phenoxy) is 2. The first kappa shape index (κ1) is 13.8. The monoisotopic (exact) mass is 290 g/mol. The summed E-state index contributed by atoms with van der Waals surface area (Å²) in [7, 11) is 3.05. The number of hydrogen-bond acceptors (Lipinski definition) is 5. The molecule has 2 N–H and O–H groups in total. The Hall–Kier alpha value is -2.21. The minimum Gasteiger partial charge on any atom is -0.493 e. The number of fused-ring (bicyclic) bond motifs is 2. The summed E-state index contributed by atoms with van der Waals surface area (Å²) in [5.74, 6) is 0.853. The van der Waals surface area contributed by atoms with Crippen LogP contribution in [0.5, 0.6) is 11.5 Å². The summed E-state index contributed by atoms with van der Waals surface area (Å²) in [6.07, 6.45) is -0.241. The van der Waals surface area contributed by atoms with Gasteiger partial charge in [-0.3, -0.25) is 4.79 Å². The van der Waals surface area contributed by atoms with Crippen molar-refractivity contribution in [3.8, 4) is 11.5 Å². The van der Waals surface area contributed by atoms with E-state index < -0.39 is 6.23 Å². The standard InChI is InChI=1S/C15H18N2O4/c1-8-4-11-14(18)16-10-6-13(21-3)12(20-2)5-9(10)15(19)17(11)7-8/h5-6,11,14,16,18H,1,4,7H2,2-3H3. The third-order valence-corrected chi connectivity index (χ3v) is 3.97. The zero-order chi connectivity index (χ0) is 15.1. The first-order valence-electron chi connectivity index (χ1n) is 6.73. The summed E-state index contributed by atoms with van der Waals surface area (Å²) in [6.45, 7) is 4.39. The molecule has 0 aromatic heterocycles. The van der Waals surface area contributed by atoms with E-state index >= 15 is 0 Å². The Morgan fingerprint density at radius 2 is 2.00 bits per heavy atom. The predicted molar refractivity (Wildman–Crippen MR) is 77.8 cm³/mol. The number of anilines is 1. The van der Waals surface area contributed by atoms with E-state index in [9.17, 15) is 9.90 Å². The topological polar surface area (TPSA) is 71.0 Å². The summed E-state index contributed by atoms with van der Waals surface area (Å²) < 4.78 is 10.5. The maximum atomic E-state index is 12.7. The lowest BCUT2D eigenvalue weighted by Crippen LogP contribution is -2.43. The van der Waals surface area contributed by atoms with Crippen molar-refractivity contribution in [2.45, 2.75) is 18.7 Å². The van der Waals surface area contributed by atoms with Crippen molar-refractivity contribution in [1.82, 2.24) is 4.90 Å². The number of carbonyl (C=O) groups is 1. The van der Waals surface area contributed by atoms with Crippen LogP contribution in [0.4, 0.5) is 5.69 Å². The van der Waals surface area contributed by atoms with Gasteiger partial charge in [0.2, 0.25) is 0 Å². The lowest BCUT2D eigenvalue weighted by atomic mass is 10.1. The van der Waals surface area contributed by atoms with Crippen LogP contribution in [0.1, 0.15) is 16.8 Å². The highest BCUT2D eigenvalue weighted by atomic mass is 16.5. The van der Waals surface area contributed by atoms with E-state index in [2.05, 4.69) is 11.9 Å². The van der Waals surface area contributed by atoms with E-state index in [1.807, 2.05) is 0 Å². The van der Waals surface area contributed by atoms with Crippen LogP contribution in [-0.4, -0.2) is 48.9 Å². The molecule has 1 fully saturated rings. The summed E-state index contributed by atoms with van der Waals surface area (Å²) in [5, 5.41) is 13.3. The van der Waals surface area contributed by atoms with Gasteiger partial charge in [-0.1, -0.05) is 12.2 Å². The number of nitrogens with zero attached hydrogens (tertiary/aromatic N) is 1. The predicted octanol–water partition coefficient (Wildman–Crippen LogP) is 1.22. The number of benzene rings is 1. The second-order valence-corrected chi connectivity index (χ2v) is 5.30. The largest absolute Gasteiger partial charge is 0.493 e. The van der Waals surface area contributed by atoms with Gasteiger partial charge < -0.3 is 24.8 Å². The van der Waals surface area contributed by atoms with E-state index in [1.165, 1.54) is 14.2 Å². The molecule has 1 saturated heterocycles. The Bertz CT molecular complexity index is 614. The van der Waals surface area contributed by atoms with E-state index in [0.29, 0.717) is 35.7 Å². The fraction of sp³-hybridized carbons (Fsp3) is 0.400. The number of carbonyl (C=O) groups excluding carboxylic acids is 1. The van der Waals surface area contributed by atoms with Gasteiger partial charge in [-0.05, 0) is 12.5 Å². The van der Waals surface area contributed by atoms with E-state index in [0.717, 1.165) is 5.57 Å². The molecule has 0 saturated carbocycles. The van der Waals surface area contributed by atoms with Crippen LogP contribution in [0.25, 0.3) is 0 Å². The average Bonchev–Trinajstić information content (AvgIpc) is 2.84. The van der Waals surface area contributed by atoms with Crippen molar-refractivity contribution in [1.29, 1.82) is 0 Å². The maximum absolute atomic E-state index is 12.7. The number of amides is 1. The molecule has 0 bridgehead atoms. The molecule has 0 aliphatic carbocycles. The number of rotatable bonds is 2.